The molecular weight excluding hydrogens is 861 g/mol. The van der Waals surface area contributed by atoms with Gasteiger partial charge in [0.2, 0.25) is 0 Å². The molecule has 0 amide bonds. The Bertz CT molecular complexity index is 2120. The van der Waals surface area contributed by atoms with Gasteiger partial charge in [-0.2, -0.15) is 0 Å². The number of hydrogen-bond acceptors (Lipinski definition) is 3. The van der Waals surface area contributed by atoms with Gasteiger partial charge >= 0.3 is 158 Å². The summed E-state index contributed by atoms with van der Waals surface area (Å²) in [7, 11) is 0. The molecule has 3 aromatic carbocycles. The van der Waals surface area contributed by atoms with E-state index in [-0.39, 0.29) is 36.4 Å². The monoisotopic (exact) mass is 919 g/mol. The average Bonchev–Trinajstić information content (AvgIpc) is 3.39. The predicted molar refractivity (Wildman–Crippen MR) is 217 cm³/mol. The summed E-state index contributed by atoms with van der Waals surface area (Å²) in [5.41, 5.74) is 11.8. The van der Waals surface area contributed by atoms with Crippen LogP contribution in [-0.2, 0) is 38.4 Å². The Morgan fingerprint density at radius 3 is 1.94 bits per heavy atom. The van der Waals surface area contributed by atoms with E-state index in [9.17, 15) is 0 Å². The Labute approximate surface area is 323 Å². The summed E-state index contributed by atoms with van der Waals surface area (Å²) >= 11 is -1.95. The Balaban J connectivity index is 0.000000224. The molecule has 6 rings (SSSR count). The molecule has 3 aromatic heterocycles. The fraction of sp³-hybridized carbons (Fsp3) is 0.391. The minimum Gasteiger partial charge on any atom is -0.501 e. The van der Waals surface area contributed by atoms with Crippen molar-refractivity contribution < 1.29 is 24.5 Å². The Morgan fingerprint density at radius 2 is 1.29 bits per heavy atom. The van der Waals surface area contributed by atoms with Crippen LogP contribution in [0.3, 0.4) is 0 Å². The molecule has 3 heterocycles. The van der Waals surface area contributed by atoms with Crippen LogP contribution in [0.25, 0.3) is 44.5 Å². The van der Waals surface area contributed by atoms with E-state index in [2.05, 4.69) is 146 Å². The van der Waals surface area contributed by atoms with Crippen molar-refractivity contribution in [3.05, 3.63) is 114 Å². The van der Waals surface area contributed by atoms with Gasteiger partial charge in [-0.25, -0.2) is 0 Å². The van der Waals surface area contributed by atoms with Crippen molar-refractivity contribution in [1.82, 2.24) is 9.97 Å². The van der Waals surface area contributed by atoms with Gasteiger partial charge in [0.15, 0.2) is 0 Å². The van der Waals surface area contributed by atoms with Crippen molar-refractivity contribution in [3.8, 4) is 22.5 Å². The first-order valence-corrected chi connectivity index (χ1v) is 25.3. The van der Waals surface area contributed by atoms with Gasteiger partial charge in [-0.3, -0.25) is 0 Å². The normalized spacial score (nSPS) is 12.4. The van der Waals surface area contributed by atoms with Gasteiger partial charge in [0.25, 0.3) is 0 Å². The molecule has 0 saturated carbocycles. The summed E-state index contributed by atoms with van der Waals surface area (Å²) in [6.07, 6.45) is 6.24. The van der Waals surface area contributed by atoms with Crippen molar-refractivity contribution in [1.29, 1.82) is 0 Å². The molecule has 51 heavy (non-hydrogen) atoms. The third-order valence-electron chi connectivity index (χ3n) is 8.99. The van der Waals surface area contributed by atoms with E-state index < -0.39 is 13.3 Å². The number of fused-ring (bicyclic) bond motifs is 3. The number of rotatable bonds is 5. The molecule has 5 heteroatoms. The maximum absolute atomic E-state index is 6.14. The second-order valence-electron chi connectivity index (χ2n) is 18.4. The number of furan rings is 1. The molecule has 0 aliphatic carbocycles. The van der Waals surface area contributed by atoms with E-state index in [0.29, 0.717) is 0 Å². The molecular formula is C46H56GeIrN2O-2. The molecule has 0 aliphatic rings. The molecule has 3 nitrogen and oxygen atoms in total. The van der Waals surface area contributed by atoms with Crippen LogP contribution in [-0.4, -0.2) is 23.2 Å². The van der Waals surface area contributed by atoms with Gasteiger partial charge < -0.3 is 9.40 Å². The number of aromatic nitrogens is 2. The van der Waals surface area contributed by atoms with Gasteiger partial charge in [-0.1, -0.05) is 61.5 Å². The summed E-state index contributed by atoms with van der Waals surface area (Å²) in [6.45, 7) is 22.6. The van der Waals surface area contributed by atoms with Crippen molar-refractivity contribution in [2.75, 3.05) is 0 Å². The van der Waals surface area contributed by atoms with E-state index in [1.54, 1.807) is 0 Å². The first-order valence-electron chi connectivity index (χ1n) is 18.0. The quantitative estimate of drug-likeness (QED) is 0.128. The van der Waals surface area contributed by atoms with Crippen LogP contribution >= 0.6 is 0 Å². The summed E-state index contributed by atoms with van der Waals surface area (Å²) in [5, 5.41) is 2.25. The molecule has 0 N–H and O–H groups in total. The summed E-state index contributed by atoms with van der Waals surface area (Å²) in [5.74, 6) is 7.36. The van der Waals surface area contributed by atoms with Gasteiger partial charge in [0.1, 0.15) is 5.58 Å². The third kappa shape index (κ3) is 10.3. The van der Waals surface area contributed by atoms with E-state index in [1.165, 1.54) is 26.6 Å². The van der Waals surface area contributed by atoms with E-state index in [4.69, 9.17) is 9.40 Å². The van der Waals surface area contributed by atoms with E-state index in [1.807, 2.05) is 36.5 Å². The minimum absolute atomic E-state index is 0. The largest absolute Gasteiger partial charge is 0.501 e. The maximum Gasteiger partial charge on any atom is 0.120 e. The minimum atomic E-state index is -1.95. The number of pyridine rings is 2. The maximum atomic E-state index is 6.14. The molecule has 0 fully saturated rings. The second kappa shape index (κ2) is 15.5. The number of para-hydroxylation sites is 1. The predicted octanol–water partition coefficient (Wildman–Crippen LogP) is 12.3. The van der Waals surface area contributed by atoms with Crippen molar-refractivity contribution in [2.45, 2.75) is 105 Å². The SMILES string of the molecule is CC(C)(C)Cc1cc(-c2[c-]ccc(C(C)(C)C)c2)nc[c]1[Ge]([CH3])([CH3])[CH3].Cc1cnc(-c2[c-]ccc3c2oc2ccccc23)cc1CC(C)(C)C.[Ir]. The number of hydrogen-bond donors (Lipinski definition) is 0. The second-order valence-corrected chi connectivity index (χ2v) is 29.0. The van der Waals surface area contributed by atoms with Gasteiger partial charge in [0.05, 0.1) is 5.58 Å². The van der Waals surface area contributed by atoms with Crippen LogP contribution < -0.4 is 4.40 Å². The van der Waals surface area contributed by atoms with Crippen LogP contribution in [0.1, 0.15) is 84.6 Å². The molecule has 0 atom stereocenters. The van der Waals surface area contributed by atoms with Crippen LogP contribution in [0.15, 0.2) is 83.5 Å². The topological polar surface area (TPSA) is 38.9 Å². The number of benzene rings is 3. The third-order valence-corrected chi connectivity index (χ3v) is 13.3. The zero-order chi connectivity index (χ0) is 36.6. The zero-order valence-electron chi connectivity index (χ0n) is 33.1. The first-order chi connectivity index (χ1) is 23.2. The van der Waals surface area contributed by atoms with Crippen LogP contribution in [0, 0.1) is 29.9 Å². The van der Waals surface area contributed by atoms with Crippen LogP contribution in [0.2, 0.25) is 17.3 Å². The standard InChI is InChI=1S/C23H34GeN.C23H22NO.Ir/c1-22(2,3)15-18-14-21(25-16-20(18)24(7,8)9)17-11-10-12-19(13-17)23(4,5)6;1-15-14-24-20(12-16(15)13-23(2,3)4)19-10-7-9-18-17-8-5-6-11-21(17)25-22(18)19;/h10,12-14,16H,15H2,1-9H3;5-9,11-12,14H,13H2,1-4H3;/q2*-1;. The molecule has 271 valence electrons. The van der Waals surface area contributed by atoms with E-state index in [0.717, 1.165) is 57.3 Å². The van der Waals surface area contributed by atoms with Crippen LogP contribution in [0.5, 0.6) is 0 Å². The van der Waals surface area contributed by atoms with Gasteiger partial charge in [-0.15, -0.1) is 18.2 Å². The van der Waals surface area contributed by atoms with Crippen LogP contribution in [0.4, 0.5) is 0 Å². The molecule has 0 aliphatic heterocycles. The molecule has 0 saturated heterocycles. The number of nitrogens with zero attached hydrogens (tertiary/aromatic N) is 2. The first kappa shape index (κ1) is 40.7. The Hall–Kier alpha value is -3.05. The Morgan fingerprint density at radius 1 is 0.686 bits per heavy atom. The zero-order valence-corrected chi connectivity index (χ0v) is 37.5. The van der Waals surface area contributed by atoms with Gasteiger partial charge in [-0.05, 0) is 36.1 Å². The average molecular weight is 918 g/mol. The fourth-order valence-electron chi connectivity index (χ4n) is 6.46. The summed E-state index contributed by atoms with van der Waals surface area (Å²) in [4.78, 5) is 9.51. The molecule has 6 aromatic rings. The Kier molecular flexibility index (Phi) is 12.4. The molecule has 0 unspecified atom stereocenters. The van der Waals surface area contributed by atoms with Crippen molar-refractivity contribution >= 4 is 39.6 Å². The number of aryl methyl sites for hydroxylation is 1. The fourth-order valence-corrected chi connectivity index (χ4v) is 9.77. The van der Waals surface area contributed by atoms with E-state index >= 15 is 0 Å². The smallest absolute Gasteiger partial charge is 0.120 e. The molecule has 1 radical (unpaired) electrons. The molecule has 0 bridgehead atoms. The summed E-state index contributed by atoms with van der Waals surface area (Å²) < 4.78 is 7.67. The van der Waals surface area contributed by atoms with Crippen molar-refractivity contribution in [3.63, 3.8) is 0 Å². The molecule has 0 spiro atoms. The summed E-state index contributed by atoms with van der Waals surface area (Å²) in [6, 6.07) is 29.9. The van der Waals surface area contributed by atoms with Crippen molar-refractivity contribution in [2.24, 2.45) is 10.8 Å². The van der Waals surface area contributed by atoms with Gasteiger partial charge in [0, 0.05) is 31.7 Å².